The second-order valence-electron chi connectivity index (χ2n) is 4.71. The van der Waals surface area contributed by atoms with Crippen molar-refractivity contribution in [3.05, 3.63) is 75.4 Å². The quantitative estimate of drug-likeness (QED) is 0.581. The molecule has 0 unspecified atom stereocenters. The van der Waals surface area contributed by atoms with Gasteiger partial charge in [0.15, 0.2) is 0 Å². The van der Waals surface area contributed by atoms with Gasteiger partial charge in [0.2, 0.25) is 5.58 Å². The van der Waals surface area contributed by atoms with Crippen LogP contribution in [0.1, 0.15) is 0 Å². The lowest BCUT2D eigenvalue weighted by molar-refractivity contribution is 0.654. The van der Waals surface area contributed by atoms with Gasteiger partial charge in [-0.3, -0.25) is 4.79 Å². The number of aromatic amines is 1. The number of nitrogens with zero attached hydrogens (tertiary/aromatic N) is 1. The molecule has 0 fully saturated rings. The van der Waals surface area contributed by atoms with E-state index in [1.165, 1.54) is 0 Å². The van der Waals surface area contributed by atoms with Crippen LogP contribution in [-0.4, -0.2) is 9.55 Å². The molecule has 0 saturated carbocycles. The number of fused-ring (bicyclic) bond motifs is 3. The van der Waals surface area contributed by atoms with E-state index in [9.17, 15) is 9.59 Å². The van der Waals surface area contributed by atoms with Gasteiger partial charge in [-0.05, 0) is 24.3 Å². The molecule has 2 aromatic heterocycles. The molecule has 4 rings (SSSR count). The Bertz CT molecular complexity index is 1070. The molecule has 0 saturated heterocycles. The van der Waals surface area contributed by atoms with Gasteiger partial charge in [-0.1, -0.05) is 30.3 Å². The average molecular weight is 278 g/mol. The van der Waals surface area contributed by atoms with Crippen molar-refractivity contribution in [2.75, 3.05) is 0 Å². The van der Waals surface area contributed by atoms with E-state index in [1.54, 1.807) is 30.3 Å². The summed E-state index contributed by atoms with van der Waals surface area (Å²) in [5.74, 6) is 0. The van der Waals surface area contributed by atoms with E-state index in [1.807, 2.05) is 24.3 Å². The second-order valence-corrected chi connectivity index (χ2v) is 4.71. The Hall–Kier alpha value is -3.08. The van der Waals surface area contributed by atoms with E-state index >= 15 is 0 Å². The zero-order valence-electron chi connectivity index (χ0n) is 10.9. The molecule has 5 heteroatoms. The number of para-hydroxylation sites is 2. The summed E-state index contributed by atoms with van der Waals surface area (Å²) in [6, 6.07) is 16.0. The van der Waals surface area contributed by atoms with Crippen molar-refractivity contribution >= 4 is 22.1 Å². The Labute approximate surface area is 118 Å². The maximum atomic E-state index is 12.6. The Morgan fingerprint density at radius 3 is 2.43 bits per heavy atom. The molecule has 5 nitrogen and oxygen atoms in total. The topological polar surface area (TPSA) is 68.0 Å². The van der Waals surface area contributed by atoms with Gasteiger partial charge in [0.1, 0.15) is 11.1 Å². The van der Waals surface area contributed by atoms with E-state index in [-0.39, 0.29) is 5.58 Å². The van der Waals surface area contributed by atoms with E-state index < -0.39 is 11.2 Å². The van der Waals surface area contributed by atoms with Gasteiger partial charge >= 0.3 is 11.2 Å². The van der Waals surface area contributed by atoms with Gasteiger partial charge in [0, 0.05) is 5.39 Å². The summed E-state index contributed by atoms with van der Waals surface area (Å²) in [5, 5.41) is 0.724. The predicted octanol–water partition coefficient (Wildman–Crippen LogP) is 2.43. The van der Waals surface area contributed by atoms with Gasteiger partial charge in [0.05, 0.1) is 5.69 Å². The fourth-order valence-corrected chi connectivity index (χ4v) is 2.49. The van der Waals surface area contributed by atoms with Gasteiger partial charge in [-0.2, -0.15) is 0 Å². The van der Waals surface area contributed by atoms with Crippen LogP contribution >= 0.6 is 0 Å². The van der Waals surface area contributed by atoms with Crippen molar-refractivity contribution in [3.8, 4) is 5.69 Å². The monoisotopic (exact) mass is 278 g/mol. The molecule has 0 bridgehead atoms. The molecule has 0 aliphatic heterocycles. The molecule has 1 N–H and O–H groups in total. The summed E-state index contributed by atoms with van der Waals surface area (Å²) < 4.78 is 6.67. The van der Waals surface area contributed by atoms with E-state index in [0.29, 0.717) is 16.8 Å². The van der Waals surface area contributed by atoms with Gasteiger partial charge < -0.3 is 9.40 Å². The Balaban J connectivity index is 2.18. The van der Waals surface area contributed by atoms with Crippen LogP contribution in [0.2, 0.25) is 0 Å². The Morgan fingerprint density at radius 1 is 0.905 bits per heavy atom. The zero-order chi connectivity index (χ0) is 14.4. The summed E-state index contributed by atoms with van der Waals surface area (Å²) in [6.45, 7) is 0. The number of nitrogens with one attached hydrogen (secondary N) is 1. The van der Waals surface area contributed by atoms with Crippen LogP contribution in [-0.2, 0) is 0 Å². The fourth-order valence-electron chi connectivity index (χ4n) is 2.49. The first-order valence-corrected chi connectivity index (χ1v) is 6.48. The predicted molar refractivity (Wildman–Crippen MR) is 79.9 cm³/mol. The van der Waals surface area contributed by atoms with Crippen LogP contribution in [0.5, 0.6) is 0 Å². The standard InChI is InChI=1S/C16H10N2O3/c19-15-14-13(11-8-4-5-9-12(11)21-14)17-16(20)18(15)10-6-2-1-3-7-10/h1-9H,(H,17,20). The van der Waals surface area contributed by atoms with Gasteiger partial charge in [-0.25, -0.2) is 9.36 Å². The van der Waals surface area contributed by atoms with Crippen molar-refractivity contribution in [3.63, 3.8) is 0 Å². The summed E-state index contributed by atoms with van der Waals surface area (Å²) >= 11 is 0. The average Bonchev–Trinajstić information content (AvgIpc) is 2.88. The lowest BCUT2D eigenvalue weighted by atomic mass is 10.2. The highest BCUT2D eigenvalue weighted by Crippen LogP contribution is 2.23. The largest absolute Gasteiger partial charge is 0.449 e. The molecule has 102 valence electrons. The Kier molecular flexibility index (Phi) is 2.35. The Morgan fingerprint density at radius 2 is 1.62 bits per heavy atom. The third kappa shape index (κ3) is 1.64. The van der Waals surface area contributed by atoms with Crippen molar-refractivity contribution in [1.82, 2.24) is 9.55 Å². The van der Waals surface area contributed by atoms with Crippen LogP contribution in [0.15, 0.2) is 68.6 Å². The lowest BCUT2D eigenvalue weighted by Gasteiger charge is -2.03. The first-order valence-electron chi connectivity index (χ1n) is 6.48. The maximum absolute atomic E-state index is 12.6. The molecular weight excluding hydrogens is 268 g/mol. The van der Waals surface area contributed by atoms with Crippen LogP contribution in [0.25, 0.3) is 27.8 Å². The SMILES string of the molecule is O=c1[nH]c2c(oc3ccccc32)c(=O)n1-c1ccccc1. The van der Waals surface area contributed by atoms with Crippen molar-refractivity contribution in [2.45, 2.75) is 0 Å². The summed E-state index contributed by atoms with van der Waals surface area (Å²) in [4.78, 5) is 27.6. The molecule has 0 amide bonds. The summed E-state index contributed by atoms with van der Waals surface area (Å²) in [7, 11) is 0. The number of benzene rings is 2. The summed E-state index contributed by atoms with van der Waals surface area (Å²) in [5.41, 5.74) is 0.728. The van der Waals surface area contributed by atoms with Crippen LogP contribution < -0.4 is 11.2 Å². The van der Waals surface area contributed by atoms with E-state index in [2.05, 4.69) is 4.98 Å². The van der Waals surface area contributed by atoms with Crippen LogP contribution in [0.4, 0.5) is 0 Å². The first-order chi connectivity index (χ1) is 10.3. The number of rotatable bonds is 1. The molecule has 2 heterocycles. The highest BCUT2D eigenvalue weighted by Gasteiger charge is 2.15. The number of H-pyrrole nitrogens is 1. The minimum atomic E-state index is -0.481. The second kappa shape index (κ2) is 4.21. The number of hydrogen-bond acceptors (Lipinski definition) is 3. The normalized spacial score (nSPS) is 11.2. The number of hydrogen-bond donors (Lipinski definition) is 1. The van der Waals surface area contributed by atoms with Crippen LogP contribution in [0, 0.1) is 0 Å². The lowest BCUT2D eigenvalue weighted by Crippen LogP contribution is -2.33. The molecule has 2 aromatic carbocycles. The van der Waals surface area contributed by atoms with Gasteiger partial charge in [-0.15, -0.1) is 0 Å². The molecule has 0 aliphatic rings. The van der Waals surface area contributed by atoms with Crippen molar-refractivity contribution in [1.29, 1.82) is 0 Å². The summed E-state index contributed by atoms with van der Waals surface area (Å²) in [6.07, 6.45) is 0. The number of aromatic nitrogens is 2. The molecule has 21 heavy (non-hydrogen) atoms. The van der Waals surface area contributed by atoms with Crippen LogP contribution in [0.3, 0.4) is 0 Å². The van der Waals surface area contributed by atoms with Crippen molar-refractivity contribution < 1.29 is 4.42 Å². The smallest absolute Gasteiger partial charge is 0.333 e. The fraction of sp³-hybridized carbons (Fsp3) is 0. The molecule has 4 aromatic rings. The first kappa shape index (κ1) is 11.7. The van der Waals surface area contributed by atoms with Gasteiger partial charge in [0.25, 0.3) is 0 Å². The molecule has 0 spiro atoms. The molecule has 0 atom stereocenters. The number of furan rings is 1. The zero-order valence-corrected chi connectivity index (χ0v) is 10.9. The maximum Gasteiger partial charge on any atom is 0.333 e. The molecular formula is C16H10N2O3. The highest BCUT2D eigenvalue weighted by atomic mass is 16.3. The highest BCUT2D eigenvalue weighted by molar-refractivity contribution is 6.01. The van der Waals surface area contributed by atoms with Crippen molar-refractivity contribution in [2.24, 2.45) is 0 Å². The minimum Gasteiger partial charge on any atom is -0.449 e. The minimum absolute atomic E-state index is 0.152. The molecule has 0 aliphatic carbocycles. The van der Waals surface area contributed by atoms with E-state index in [4.69, 9.17) is 4.42 Å². The van der Waals surface area contributed by atoms with E-state index in [0.717, 1.165) is 9.95 Å². The molecule has 0 radical (unpaired) electrons. The third-order valence-electron chi connectivity index (χ3n) is 3.44. The third-order valence-corrected chi connectivity index (χ3v) is 3.44.